The zero-order chi connectivity index (χ0) is 35.0. The number of nitrogens with zero attached hydrogens (tertiary/aromatic N) is 1. The van der Waals surface area contributed by atoms with Crippen LogP contribution in [-0.4, -0.2) is 99.1 Å². The number of ether oxygens (including phenoxy) is 3. The molecule has 1 aromatic heterocycles. The number of aliphatic hydroxyl groups is 2. The molecule has 1 unspecified atom stereocenters. The first kappa shape index (κ1) is 33.4. The van der Waals surface area contributed by atoms with Crippen molar-refractivity contribution in [1.82, 2.24) is 15.2 Å². The van der Waals surface area contributed by atoms with Crippen molar-refractivity contribution in [3.63, 3.8) is 0 Å². The van der Waals surface area contributed by atoms with Crippen LogP contribution in [0.3, 0.4) is 0 Å². The molecule has 2 fully saturated rings. The molecule has 2 aliphatic carbocycles. The molecule has 2 amide bonds. The van der Waals surface area contributed by atoms with E-state index in [4.69, 9.17) is 14.2 Å². The van der Waals surface area contributed by atoms with E-state index in [1.54, 1.807) is 49.5 Å². The van der Waals surface area contributed by atoms with E-state index in [1.807, 2.05) is 39.0 Å². The van der Waals surface area contributed by atoms with Crippen LogP contribution in [0, 0.1) is 29.6 Å². The van der Waals surface area contributed by atoms with Crippen molar-refractivity contribution in [3.8, 4) is 0 Å². The maximum absolute atomic E-state index is 13.7. The van der Waals surface area contributed by atoms with Gasteiger partial charge in [0.05, 0.1) is 22.7 Å². The number of cyclic esters (lactones) is 1. The van der Waals surface area contributed by atoms with Gasteiger partial charge in [0.2, 0.25) is 0 Å². The summed E-state index contributed by atoms with van der Waals surface area (Å²) in [6, 6.07) is 8.88. The predicted molar refractivity (Wildman–Crippen MR) is 175 cm³/mol. The summed E-state index contributed by atoms with van der Waals surface area (Å²) < 4.78 is 17.8. The lowest BCUT2D eigenvalue weighted by Gasteiger charge is -2.57. The Morgan fingerprint density at radius 1 is 1.10 bits per heavy atom. The Labute approximate surface area is 284 Å². The van der Waals surface area contributed by atoms with Crippen LogP contribution in [0.2, 0.25) is 0 Å². The highest BCUT2D eigenvalue weighted by Gasteiger charge is 2.84. The lowest BCUT2D eigenvalue weighted by molar-refractivity contribution is -0.169. The smallest absolute Gasteiger partial charge is 0.355 e. The molecule has 260 valence electrons. The van der Waals surface area contributed by atoms with Crippen molar-refractivity contribution in [1.29, 1.82) is 0 Å². The zero-order valence-corrected chi connectivity index (χ0v) is 28.2. The number of aromatic amines is 1. The second-order valence-corrected chi connectivity index (χ2v) is 14.3. The summed E-state index contributed by atoms with van der Waals surface area (Å²) in [7, 11) is 1.41. The normalized spacial score (nSPS) is 37.6. The molecule has 12 heteroatoms. The molecule has 7 rings (SSSR count). The van der Waals surface area contributed by atoms with Gasteiger partial charge in [0.25, 0.3) is 11.8 Å². The molecule has 4 N–H and O–H groups in total. The molecule has 1 spiro atoms. The Morgan fingerprint density at radius 3 is 2.41 bits per heavy atom. The van der Waals surface area contributed by atoms with Crippen LogP contribution in [-0.2, 0) is 19.0 Å². The molecule has 12 nitrogen and oxygen atoms in total. The number of imide groups is 1. The van der Waals surface area contributed by atoms with Gasteiger partial charge in [-0.05, 0) is 50.1 Å². The number of carbonyl (C=O) groups excluding carboxylic acids is 4. The minimum atomic E-state index is -1.48. The van der Waals surface area contributed by atoms with Crippen LogP contribution in [0.5, 0.6) is 0 Å². The summed E-state index contributed by atoms with van der Waals surface area (Å²) in [5, 5.41) is 26.7. The van der Waals surface area contributed by atoms with Gasteiger partial charge in [0.1, 0.15) is 23.5 Å². The molecule has 1 saturated carbocycles. The van der Waals surface area contributed by atoms with E-state index in [0.29, 0.717) is 22.4 Å². The number of aromatic nitrogens is 1. The molecule has 0 radical (unpaired) electrons. The van der Waals surface area contributed by atoms with Gasteiger partial charge in [-0.2, -0.15) is 0 Å². The molecule has 4 heterocycles. The molecule has 1 saturated heterocycles. The van der Waals surface area contributed by atoms with Gasteiger partial charge >= 0.3 is 11.9 Å². The van der Waals surface area contributed by atoms with E-state index in [-0.39, 0.29) is 36.8 Å². The highest BCUT2D eigenvalue weighted by atomic mass is 16.6. The topological polar surface area (TPSA) is 177 Å². The third-order valence-electron chi connectivity index (χ3n) is 11.7. The molecule has 2 aromatic rings. The van der Waals surface area contributed by atoms with Crippen molar-refractivity contribution in [2.45, 2.75) is 75.7 Å². The summed E-state index contributed by atoms with van der Waals surface area (Å²) in [6.45, 7) is 7.02. The highest BCUT2D eigenvalue weighted by Crippen LogP contribution is 2.68. The Morgan fingerprint density at radius 2 is 1.80 bits per heavy atom. The summed E-state index contributed by atoms with van der Waals surface area (Å²) in [6.07, 6.45) is 4.94. The third kappa shape index (κ3) is 4.79. The SMILES string of the molecule is CO[C@H]1C[C@H]2C=C[C@H]3[C@H]([C@H](OC(=O)c4ccc[nH]4)[C@H](C)CO)C4N[C@@]43[C@]2(O)/C(C)=C/[C@@H](C)[C@@H]([C@H](C)N2C(=O)c3ccccc3C2=O)OC1=O. The second kappa shape index (κ2) is 12.0. The zero-order valence-electron chi connectivity index (χ0n) is 28.2. The van der Waals surface area contributed by atoms with Crippen LogP contribution in [0.4, 0.5) is 0 Å². The third-order valence-corrected chi connectivity index (χ3v) is 11.7. The molecular weight excluding hydrogens is 630 g/mol. The van der Waals surface area contributed by atoms with Crippen molar-refractivity contribution < 1.29 is 43.6 Å². The van der Waals surface area contributed by atoms with Crippen LogP contribution < -0.4 is 5.32 Å². The van der Waals surface area contributed by atoms with E-state index >= 15 is 0 Å². The summed E-state index contributed by atoms with van der Waals surface area (Å²) >= 11 is 0. The number of H-pyrrole nitrogens is 1. The van der Waals surface area contributed by atoms with Crippen LogP contribution in [0.15, 0.2) is 66.4 Å². The van der Waals surface area contributed by atoms with E-state index < -0.39 is 71.1 Å². The first-order valence-corrected chi connectivity index (χ1v) is 16.9. The fraction of sp³-hybridized carbons (Fsp3) is 0.514. The maximum Gasteiger partial charge on any atom is 0.355 e. The molecule has 1 aromatic carbocycles. The quantitative estimate of drug-likeness (QED) is 0.141. The minimum Gasteiger partial charge on any atom is -0.458 e. The Balaban J connectivity index is 1.22. The number of hydrogen-bond acceptors (Lipinski definition) is 10. The number of esters is 2. The minimum absolute atomic E-state index is 0.113. The Hall–Kier alpha value is -4.10. The van der Waals surface area contributed by atoms with Crippen molar-refractivity contribution in [2.75, 3.05) is 13.7 Å². The average Bonchev–Trinajstić information content (AvgIpc) is 3.36. The van der Waals surface area contributed by atoms with E-state index in [0.717, 1.165) is 4.90 Å². The molecule has 3 aliphatic heterocycles. The number of aliphatic hydroxyl groups excluding tert-OH is 1. The highest BCUT2D eigenvalue weighted by molar-refractivity contribution is 6.21. The molecule has 12 atom stereocenters. The van der Waals surface area contributed by atoms with Gasteiger partial charge in [-0.3, -0.25) is 14.5 Å². The first-order chi connectivity index (χ1) is 23.4. The van der Waals surface area contributed by atoms with Gasteiger partial charge < -0.3 is 34.7 Å². The number of carbonyl (C=O) groups is 4. The van der Waals surface area contributed by atoms with Gasteiger partial charge in [0.15, 0.2) is 6.10 Å². The van der Waals surface area contributed by atoms with Gasteiger partial charge in [-0.15, -0.1) is 0 Å². The second-order valence-electron chi connectivity index (χ2n) is 14.3. The van der Waals surface area contributed by atoms with Crippen LogP contribution >= 0.6 is 0 Å². The fourth-order valence-electron chi connectivity index (χ4n) is 9.19. The number of hydrogen-bond donors (Lipinski definition) is 4. The summed E-state index contributed by atoms with van der Waals surface area (Å²) in [5.41, 5.74) is -0.729. The first-order valence-electron chi connectivity index (χ1n) is 16.9. The van der Waals surface area contributed by atoms with Crippen LogP contribution in [0.25, 0.3) is 0 Å². The van der Waals surface area contributed by atoms with E-state index in [2.05, 4.69) is 10.3 Å². The van der Waals surface area contributed by atoms with Gasteiger partial charge in [0, 0.05) is 55.5 Å². The lowest BCUT2D eigenvalue weighted by Crippen LogP contribution is -2.69. The molecule has 5 aliphatic rings. The van der Waals surface area contributed by atoms with Crippen molar-refractivity contribution >= 4 is 23.8 Å². The summed E-state index contributed by atoms with van der Waals surface area (Å²) in [5.74, 6) is -4.00. The van der Waals surface area contributed by atoms with Gasteiger partial charge in [-0.25, -0.2) is 9.59 Å². The Kier molecular flexibility index (Phi) is 8.21. The number of methoxy groups -OCH3 is 1. The monoisotopic (exact) mass is 673 g/mol. The van der Waals surface area contributed by atoms with E-state index in [9.17, 15) is 29.4 Å². The predicted octanol–water partition coefficient (Wildman–Crippen LogP) is 2.64. The molecule has 49 heavy (non-hydrogen) atoms. The number of benzene rings is 1. The number of amides is 2. The maximum atomic E-state index is 13.7. The Bertz CT molecular complexity index is 1700. The van der Waals surface area contributed by atoms with Crippen molar-refractivity contribution in [2.24, 2.45) is 29.6 Å². The molecular formula is C37H43N3O9. The summed E-state index contributed by atoms with van der Waals surface area (Å²) in [4.78, 5) is 57.6. The van der Waals surface area contributed by atoms with E-state index in [1.165, 1.54) is 7.11 Å². The lowest BCUT2D eigenvalue weighted by atomic mass is 9.48. The number of rotatable bonds is 8. The van der Waals surface area contributed by atoms with Crippen molar-refractivity contribution in [3.05, 3.63) is 83.2 Å². The largest absolute Gasteiger partial charge is 0.458 e. The molecule has 0 bridgehead atoms. The van der Waals surface area contributed by atoms with Crippen LogP contribution in [0.1, 0.15) is 65.3 Å². The van der Waals surface area contributed by atoms with Gasteiger partial charge in [-0.1, -0.05) is 44.2 Å². The number of fused-ring (bicyclic) bond motifs is 2. The standard InChI is InChI=1S/C37H43N3O9/c1-18-15-20(3)37(46)22(12-13-25-28(31-36(25,37)39-31)30(19(2)17-41)49-34(44)26-11-8-14-38-26)16-27(47-5)35(45)48-29(18)21(4)40-32(42)23-9-6-7-10-24(23)33(40)43/h6-15,18-19,21-22,25,27-31,38-39,41,46H,16-17H2,1-5H3/b20-15+/t18-,19-,21+,22-,25+,27+,28-,29+,30-,31?,36-,37+/m1/s1. The average molecular weight is 674 g/mol. The number of nitrogens with one attached hydrogen (secondary N) is 2. The fourth-order valence-corrected chi connectivity index (χ4v) is 9.19.